The fraction of sp³-hybridized carbons (Fsp3) is 0.370. The number of benzene rings is 2. The Bertz CT molecular complexity index is 1150. The standard InChI is InChI=1S/C27H31FN4O2/c1-19-16-29-31(17-19)18-25(33)32(23-13-8-10-21(28)15-23)26(24-14-7-6-9-20(24)2)27(34)30-22-11-4-3-5-12-22/h6-10,13-17,22,26H,3-5,11-12,18H2,1-2H3,(H,30,34). The Kier molecular flexibility index (Phi) is 7.40. The van der Waals surface area contributed by atoms with Gasteiger partial charge < -0.3 is 5.32 Å². The highest BCUT2D eigenvalue weighted by Crippen LogP contribution is 2.31. The van der Waals surface area contributed by atoms with Gasteiger partial charge in [-0.1, -0.05) is 49.6 Å². The van der Waals surface area contributed by atoms with Gasteiger partial charge in [0, 0.05) is 17.9 Å². The van der Waals surface area contributed by atoms with Crippen LogP contribution >= 0.6 is 0 Å². The van der Waals surface area contributed by atoms with Crippen LogP contribution in [0.5, 0.6) is 0 Å². The van der Waals surface area contributed by atoms with Gasteiger partial charge >= 0.3 is 0 Å². The number of nitrogens with zero attached hydrogens (tertiary/aromatic N) is 3. The van der Waals surface area contributed by atoms with Crippen molar-refractivity contribution in [3.63, 3.8) is 0 Å². The maximum atomic E-state index is 14.3. The summed E-state index contributed by atoms with van der Waals surface area (Å²) in [7, 11) is 0. The number of carbonyl (C=O) groups is 2. The van der Waals surface area contributed by atoms with E-state index in [1.807, 2.05) is 38.1 Å². The van der Waals surface area contributed by atoms with E-state index in [1.165, 1.54) is 28.1 Å². The molecule has 2 amide bonds. The molecule has 34 heavy (non-hydrogen) atoms. The molecule has 1 saturated carbocycles. The maximum Gasteiger partial charge on any atom is 0.249 e. The molecule has 0 aliphatic heterocycles. The molecule has 0 bridgehead atoms. The second-order valence-electron chi connectivity index (χ2n) is 9.06. The van der Waals surface area contributed by atoms with Gasteiger partial charge in [0.25, 0.3) is 0 Å². The molecular weight excluding hydrogens is 431 g/mol. The number of hydrogen-bond acceptors (Lipinski definition) is 3. The minimum Gasteiger partial charge on any atom is -0.351 e. The molecule has 6 nitrogen and oxygen atoms in total. The molecule has 1 atom stereocenters. The van der Waals surface area contributed by atoms with E-state index in [0.29, 0.717) is 11.3 Å². The Balaban J connectivity index is 1.76. The summed E-state index contributed by atoms with van der Waals surface area (Å²) < 4.78 is 15.8. The van der Waals surface area contributed by atoms with E-state index < -0.39 is 11.9 Å². The van der Waals surface area contributed by atoms with E-state index in [9.17, 15) is 14.0 Å². The molecule has 1 heterocycles. The lowest BCUT2D eigenvalue weighted by Crippen LogP contribution is -2.48. The molecule has 0 spiro atoms. The van der Waals surface area contributed by atoms with Gasteiger partial charge in [0.05, 0.1) is 6.20 Å². The van der Waals surface area contributed by atoms with Crippen LogP contribution in [0.15, 0.2) is 60.9 Å². The van der Waals surface area contributed by atoms with Gasteiger partial charge in [0.2, 0.25) is 11.8 Å². The van der Waals surface area contributed by atoms with Gasteiger partial charge in [0.15, 0.2) is 0 Å². The predicted molar refractivity (Wildman–Crippen MR) is 130 cm³/mol. The van der Waals surface area contributed by atoms with Gasteiger partial charge in [-0.25, -0.2) is 4.39 Å². The molecule has 2 aromatic carbocycles. The van der Waals surface area contributed by atoms with Gasteiger partial charge in [0.1, 0.15) is 18.4 Å². The number of amides is 2. The van der Waals surface area contributed by atoms with Crippen LogP contribution in [0, 0.1) is 19.7 Å². The number of hydrogen-bond donors (Lipinski definition) is 1. The van der Waals surface area contributed by atoms with Crippen molar-refractivity contribution in [1.82, 2.24) is 15.1 Å². The molecule has 4 rings (SSSR count). The number of aryl methyl sites for hydroxylation is 2. The molecule has 1 fully saturated rings. The Hall–Kier alpha value is -3.48. The van der Waals surface area contributed by atoms with E-state index in [4.69, 9.17) is 0 Å². The molecule has 0 radical (unpaired) electrons. The fourth-order valence-electron chi connectivity index (χ4n) is 4.65. The minimum absolute atomic E-state index is 0.0660. The largest absolute Gasteiger partial charge is 0.351 e. The quantitative estimate of drug-likeness (QED) is 0.545. The Labute approximate surface area is 199 Å². The zero-order chi connectivity index (χ0) is 24.1. The van der Waals surface area contributed by atoms with Crippen molar-refractivity contribution in [2.75, 3.05) is 4.90 Å². The average Bonchev–Trinajstić information content (AvgIpc) is 3.23. The molecule has 3 aromatic rings. The summed E-state index contributed by atoms with van der Waals surface area (Å²) in [6.07, 6.45) is 8.61. The maximum absolute atomic E-state index is 14.3. The van der Waals surface area contributed by atoms with Crippen LogP contribution in [0.1, 0.15) is 54.8 Å². The van der Waals surface area contributed by atoms with E-state index in [1.54, 1.807) is 24.5 Å². The number of rotatable bonds is 7. The van der Waals surface area contributed by atoms with Crippen LogP contribution in [0.3, 0.4) is 0 Å². The lowest BCUT2D eigenvalue weighted by atomic mass is 9.93. The monoisotopic (exact) mass is 462 g/mol. The van der Waals surface area contributed by atoms with E-state index in [2.05, 4.69) is 10.4 Å². The Morgan fingerprint density at radius 2 is 1.88 bits per heavy atom. The first-order valence-corrected chi connectivity index (χ1v) is 11.8. The highest BCUT2D eigenvalue weighted by molar-refractivity contribution is 6.01. The number of carbonyl (C=O) groups excluding carboxylic acids is 2. The van der Waals surface area contributed by atoms with E-state index in [-0.39, 0.29) is 24.4 Å². The van der Waals surface area contributed by atoms with Crippen molar-refractivity contribution < 1.29 is 14.0 Å². The fourth-order valence-corrected chi connectivity index (χ4v) is 4.65. The molecule has 7 heteroatoms. The normalized spacial score (nSPS) is 15.0. The summed E-state index contributed by atoms with van der Waals surface area (Å²) >= 11 is 0. The summed E-state index contributed by atoms with van der Waals surface area (Å²) in [5.41, 5.74) is 2.86. The molecule has 178 valence electrons. The van der Waals surface area contributed by atoms with Crippen molar-refractivity contribution in [1.29, 1.82) is 0 Å². The number of halogens is 1. The van der Waals surface area contributed by atoms with Crippen LogP contribution in [0.4, 0.5) is 10.1 Å². The first-order chi connectivity index (χ1) is 16.4. The van der Waals surface area contributed by atoms with Crippen LogP contribution < -0.4 is 10.2 Å². The molecule has 1 aromatic heterocycles. The predicted octanol–water partition coefficient (Wildman–Crippen LogP) is 4.86. The van der Waals surface area contributed by atoms with Gasteiger partial charge in [-0.15, -0.1) is 0 Å². The lowest BCUT2D eigenvalue weighted by molar-refractivity contribution is -0.127. The number of aromatic nitrogens is 2. The van der Waals surface area contributed by atoms with Crippen LogP contribution in [0.2, 0.25) is 0 Å². The Morgan fingerprint density at radius 1 is 1.12 bits per heavy atom. The van der Waals surface area contributed by atoms with Crippen LogP contribution in [-0.4, -0.2) is 27.6 Å². The number of nitrogens with one attached hydrogen (secondary N) is 1. The second kappa shape index (κ2) is 10.6. The molecule has 1 unspecified atom stereocenters. The van der Waals surface area contributed by atoms with E-state index in [0.717, 1.165) is 36.8 Å². The summed E-state index contributed by atoms with van der Waals surface area (Å²) in [5, 5.41) is 7.42. The molecule has 1 aliphatic rings. The van der Waals surface area contributed by atoms with Crippen molar-refractivity contribution in [2.24, 2.45) is 0 Å². The first kappa shape index (κ1) is 23.7. The molecule has 1 N–H and O–H groups in total. The van der Waals surface area contributed by atoms with Gasteiger partial charge in [-0.3, -0.25) is 19.2 Å². The highest BCUT2D eigenvalue weighted by Gasteiger charge is 2.35. The van der Waals surface area contributed by atoms with Crippen molar-refractivity contribution in [2.45, 2.75) is 64.6 Å². The summed E-state index contributed by atoms with van der Waals surface area (Å²) in [5.74, 6) is -1.07. The zero-order valence-corrected chi connectivity index (χ0v) is 19.7. The lowest BCUT2D eigenvalue weighted by Gasteiger charge is -2.34. The van der Waals surface area contributed by atoms with Gasteiger partial charge in [-0.05, 0) is 61.6 Å². The van der Waals surface area contributed by atoms with Crippen LogP contribution in [-0.2, 0) is 16.1 Å². The highest BCUT2D eigenvalue weighted by atomic mass is 19.1. The third-order valence-electron chi connectivity index (χ3n) is 6.36. The van der Waals surface area contributed by atoms with E-state index >= 15 is 0 Å². The number of anilines is 1. The molecular formula is C27H31FN4O2. The van der Waals surface area contributed by atoms with Gasteiger partial charge in [-0.2, -0.15) is 5.10 Å². The molecule has 0 saturated heterocycles. The van der Waals surface area contributed by atoms with Crippen LogP contribution in [0.25, 0.3) is 0 Å². The Morgan fingerprint density at radius 3 is 2.56 bits per heavy atom. The third-order valence-corrected chi connectivity index (χ3v) is 6.36. The molecule has 1 aliphatic carbocycles. The SMILES string of the molecule is Cc1cnn(CC(=O)N(c2cccc(F)c2)C(C(=O)NC2CCCCC2)c2ccccc2C)c1. The first-order valence-electron chi connectivity index (χ1n) is 11.8. The summed E-state index contributed by atoms with van der Waals surface area (Å²) in [6, 6.07) is 12.5. The average molecular weight is 463 g/mol. The summed E-state index contributed by atoms with van der Waals surface area (Å²) in [4.78, 5) is 28.9. The second-order valence-corrected chi connectivity index (χ2v) is 9.06. The van der Waals surface area contributed by atoms with Crippen molar-refractivity contribution in [3.05, 3.63) is 83.4 Å². The van der Waals surface area contributed by atoms with Crippen molar-refractivity contribution >= 4 is 17.5 Å². The summed E-state index contributed by atoms with van der Waals surface area (Å²) in [6.45, 7) is 3.75. The zero-order valence-electron chi connectivity index (χ0n) is 19.7. The third kappa shape index (κ3) is 5.53. The smallest absolute Gasteiger partial charge is 0.249 e. The van der Waals surface area contributed by atoms with Crippen molar-refractivity contribution in [3.8, 4) is 0 Å². The minimum atomic E-state index is -0.936. The topological polar surface area (TPSA) is 67.2 Å².